The van der Waals surface area contributed by atoms with E-state index in [1.165, 1.54) is 0 Å². The second-order valence-electron chi connectivity index (χ2n) is 11.1. The first-order valence-corrected chi connectivity index (χ1v) is 13.2. The summed E-state index contributed by atoms with van der Waals surface area (Å²) in [6, 6.07) is 3.76. The largest absolute Gasteiger partial charge is 0.444 e. The lowest BCUT2D eigenvalue weighted by Crippen LogP contribution is -2.54. The zero-order valence-corrected chi connectivity index (χ0v) is 22.0. The summed E-state index contributed by atoms with van der Waals surface area (Å²) in [6.45, 7) is 12.7. The Balaban J connectivity index is 1.56. The Labute approximate surface area is 207 Å². The second kappa shape index (κ2) is 9.10. The van der Waals surface area contributed by atoms with E-state index in [9.17, 15) is 14.4 Å². The van der Waals surface area contributed by atoms with E-state index < -0.39 is 5.60 Å². The molecule has 3 amide bonds. The van der Waals surface area contributed by atoms with Gasteiger partial charge in [-0.3, -0.25) is 9.59 Å². The highest BCUT2D eigenvalue weighted by Gasteiger charge is 2.48. The molecule has 0 aromatic heterocycles. The number of nitrogens with zero attached hydrogens (tertiary/aromatic N) is 2. The molecule has 7 nitrogen and oxygen atoms in total. The SMILES string of the molecule is Cc1cc2c(cc1C(=O)N(C(C)C)[C@@H]1CCCN(C(=O)OC(C)(C)C)C1)NC(=O)C1(CCC1)S2. The van der Waals surface area contributed by atoms with Crippen molar-refractivity contribution in [1.29, 1.82) is 0 Å². The average Bonchev–Trinajstić information content (AvgIpc) is 2.70. The molecule has 0 unspecified atom stereocenters. The summed E-state index contributed by atoms with van der Waals surface area (Å²) in [5.74, 6) is -0.00554. The summed E-state index contributed by atoms with van der Waals surface area (Å²) >= 11 is 1.64. The molecule has 2 fully saturated rings. The Morgan fingerprint density at radius 1 is 1.24 bits per heavy atom. The fraction of sp³-hybridized carbons (Fsp3) is 0.654. The number of fused-ring (bicyclic) bond motifs is 1. The van der Waals surface area contributed by atoms with Crippen molar-refractivity contribution in [2.45, 2.75) is 101 Å². The summed E-state index contributed by atoms with van der Waals surface area (Å²) in [5.41, 5.74) is 1.68. The molecule has 34 heavy (non-hydrogen) atoms. The van der Waals surface area contributed by atoms with Gasteiger partial charge in [-0.05, 0) is 91.3 Å². The predicted molar refractivity (Wildman–Crippen MR) is 134 cm³/mol. The van der Waals surface area contributed by atoms with Gasteiger partial charge in [0.25, 0.3) is 5.91 Å². The maximum Gasteiger partial charge on any atom is 0.410 e. The molecule has 186 valence electrons. The van der Waals surface area contributed by atoms with Crippen molar-refractivity contribution >= 4 is 35.4 Å². The van der Waals surface area contributed by atoms with Crippen molar-refractivity contribution in [3.8, 4) is 0 Å². The van der Waals surface area contributed by atoms with Crippen molar-refractivity contribution in [3.63, 3.8) is 0 Å². The average molecular weight is 488 g/mol. The number of piperidine rings is 1. The number of likely N-dealkylation sites (tertiary alicyclic amines) is 1. The molecule has 1 saturated heterocycles. The van der Waals surface area contributed by atoms with Gasteiger partial charge in [-0.15, -0.1) is 11.8 Å². The molecule has 0 radical (unpaired) electrons. The zero-order valence-electron chi connectivity index (χ0n) is 21.2. The van der Waals surface area contributed by atoms with Crippen LogP contribution < -0.4 is 5.32 Å². The van der Waals surface area contributed by atoms with Crippen LogP contribution in [0.2, 0.25) is 0 Å². The molecule has 1 aliphatic carbocycles. The number of hydrogen-bond acceptors (Lipinski definition) is 5. The lowest BCUT2D eigenvalue weighted by molar-refractivity contribution is -0.120. The van der Waals surface area contributed by atoms with Crippen LogP contribution in [-0.4, -0.2) is 63.2 Å². The van der Waals surface area contributed by atoms with Gasteiger partial charge in [-0.25, -0.2) is 4.79 Å². The second-order valence-corrected chi connectivity index (χ2v) is 12.5. The van der Waals surface area contributed by atoms with Gasteiger partial charge in [-0.1, -0.05) is 0 Å². The monoisotopic (exact) mass is 487 g/mol. The van der Waals surface area contributed by atoms with Crippen molar-refractivity contribution in [2.24, 2.45) is 0 Å². The van der Waals surface area contributed by atoms with Crippen LogP contribution in [0.25, 0.3) is 0 Å². The summed E-state index contributed by atoms with van der Waals surface area (Å²) < 4.78 is 5.24. The summed E-state index contributed by atoms with van der Waals surface area (Å²) in [5, 5.41) is 3.07. The lowest BCUT2D eigenvalue weighted by atomic mass is 9.83. The quantitative estimate of drug-likeness (QED) is 0.633. The molecule has 2 aliphatic heterocycles. The lowest BCUT2D eigenvalue weighted by Gasteiger charge is -2.43. The molecule has 1 atom stereocenters. The molecule has 3 aliphatic rings. The Kier molecular flexibility index (Phi) is 6.66. The third-order valence-corrected chi connectivity index (χ3v) is 8.46. The Bertz CT molecular complexity index is 996. The van der Waals surface area contributed by atoms with Gasteiger partial charge in [0.2, 0.25) is 5.91 Å². The fourth-order valence-corrected chi connectivity index (χ4v) is 6.56. The van der Waals surface area contributed by atoms with Crippen LogP contribution in [-0.2, 0) is 9.53 Å². The van der Waals surface area contributed by atoms with Crippen molar-refractivity contribution in [3.05, 3.63) is 23.3 Å². The zero-order chi connectivity index (χ0) is 24.8. The number of carbonyl (C=O) groups excluding carboxylic acids is 3. The maximum absolute atomic E-state index is 13.8. The fourth-order valence-electron chi connectivity index (χ4n) is 5.05. The molecular formula is C26H37N3O4S. The molecule has 1 aromatic carbocycles. The first-order valence-electron chi connectivity index (χ1n) is 12.4. The van der Waals surface area contributed by atoms with Gasteiger partial charge in [-0.2, -0.15) is 0 Å². The van der Waals surface area contributed by atoms with Crippen LogP contribution in [0.3, 0.4) is 0 Å². The molecule has 1 saturated carbocycles. The normalized spacial score (nSPS) is 21.6. The number of benzene rings is 1. The first kappa shape index (κ1) is 24.9. The number of aryl methyl sites for hydroxylation is 1. The molecular weight excluding hydrogens is 450 g/mol. The maximum atomic E-state index is 13.8. The van der Waals surface area contributed by atoms with E-state index in [1.54, 1.807) is 16.7 Å². The highest BCUT2D eigenvalue weighted by Crippen LogP contribution is 2.53. The van der Waals surface area contributed by atoms with Crippen LogP contribution in [0, 0.1) is 6.92 Å². The molecule has 1 N–H and O–H groups in total. The number of ether oxygens (including phenoxy) is 1. The van der Waals surface area contributed by atoms with Gasteiger partial charge in [0, 0.05) is 29.6 Å². The van der Waals surface area contributed by atoms with E-state index in [2.05, 4.69) is 5.32 Å². The van der Waals surface area contributed by atoms with E-state index in [4.69, 9.17) is 4.74 Å². The Morgan fingerprint density at radius 2 is 1.94 bits per heavy atom. The molecule has 8 heteroatoms. The van der Waals surface area contributed by atoms with Gasteiger partial charge in [0.1, 0.15) is 5.60 Å². The molecule has 1 aromatic rings. The van der Waals surface area contributed by atoms with Crippen LogP contribution in [0.1, 0.15) is 82.6 Å². The van der Waals surface area contributed by atoms with Crippen molar-refractivity contribution in [2.75, 3.05) is 18.4 Å². The van der Waals surface area contributed by atoms with Crippen LogP contribution in [0.5, 0.6) is 0 Å². The van der Waals surface area contributed by atoms with E-state index in [-0.39, 0.29) is 34.7 Å². The number of amides is 3. The topological polar surface area (TPSA) is 79.0 Å². The minimum Gasteiger partial charge on any atom is -0.444 e. The smallest absolute Gasteiger partial charge is 0.410 e. The summed E-state index contributed by atoms with van der Waals surface area (Å²) in [4.78, 5) is 43.9. The number of nitrogens with one attached hydrogen (secondary N) is 1. The Morgan fingerprint density at radius 3 is 2.53 bits per heavy atom. The number of thioether (sulfide) groups is 1. The van der Waals surface area contributed by atoms with E-state index in [0.717, 1.165) is 48.3 Å². The van der Waals surface area contributed by atoms with Crippen LogP contribution >= 0.6 is 11.8 Å². The standard InChI is InChI=1S/C26H37N3O4S/c1-16(2)29(18-9-7-12-28(15-18)24(32)33-25(4,5)6)22(30)19-14-20-21(13-17(19)3)34-26(10-8-11-26)23(31)27-20/h13-14,16,18H,7-12,15H2,1-6H3,(H,27,31)/t18-/m1/s1. The van der Waals surface area contributed by atoms with Crippen LogP contribution in [0.4, 0.5) is 10.5 Å². The molecule has 2 heterocycles. The van der Waals surface area contributed by atoms with Crippen LogP contribution in [0.15, 0.2) is 17.0 Å². The number of carbonyl (C=O) groups is 3. The van der Waals surface area contributed by atoms with Gasteiger partial charge in [0.15, 0.2) is 0 Å². The highest BCUT2D eigenvalue weighted by molar-refractivity contribution is 8.01. The Hall–Kier alpha value is -2.22. The van der Waals surface area contributed by atoms with Gasteiger partial charge >= 0.3 is 6.09 Å². The third kappa shape index (κ3) is 4.79. The number of anilines is 1. The van der Waals surface area contributed by atoms with Crippen molar-refractivity contribution in [1.82, 2.24) is 9.80 Å². The number of hydrogen-bond donors (Lipinski definition) is 1. The van der Waals surface area contributed by atoms with Gasteiger partial charge in [0.05, 0.1) is 16.5 Å². The van der Waals surface area contributed by atoms with Gasteiger partial charge < -0.3 is 19.9 Å². The predicted octanol–water partition coefficient (Wildman–Crippen LogP) is 5.21. The summed E-state index contributed by atoms with van der Waals surface area (Å²) in [6.07, 6.45) is 4.21. The first-order chi connectivity index (χ1) is 15.9. The molecule has 1 spiro atoms. The van der Waals surface area contributed by atoms with E-state index in [1.807, 2.05) is 58.6 Å². The van der Waals surface area contributed by atoms with Crippen molar-refractivity contribution < 1.29 is 19.1 Å². The summed E-state index contributed by atoms with van der Waals surface area (Å²) in [7, 11) is 0. The van der Waals surface area contributed by atoms with E-state index >= 15 is 0 Å². The number of rotatable bonds is 3. The third-order valence-electron chi connectivity index (χ3n) is 6.92. The minimum absolute atomic E-state index is 0.0336. The van der Waals surface area contributed by atoms with E-state index in [0.29, 0.717) is 18.7 Å². The molecule has 0 bridgehead atoms. The molecule has 4 rings (SSSR count). The minimum atomic E-state index is -0.557. The highest BCUT2D eigenvalue weighted by atomic mass is 32.2.